The second kappa shape index (κ2) is 18.5. The first-order valence-electron chi connectivity index (χ1n) is 22.3. The van der Waals surface area contributed by atoms with Gasteiger partial charge in [0.25, 0.3) is 11.8 Å². The first-order valence-corrected chi connectivity index (χ1v) is 22.3. The maximum Gasteiger partial charge on any atom is 0.326 e. The molecule has 68 heavy (non-hydrogen) atoms. The quantitative estimate of drug-likeness (QED) is 0.131. The highest BCUT2D eigenvalue weighted by atomic mass is 16.6. The van der Waals surface area contributed by atoms with Gasteiger partial charge in [0.1, 0.15) is 18.7 Å². The standard InChI is InChI=1S/C30H29N3O3.C26H21N3O3/c1-19-8-6-7-9-24(19)25-12-10-23(16-20(25)2)29-31-28(32-36-29)22-11-13-26-21(17-22)14-15-33(26)18-27(34)35-30(3,4)5;1-16-5-3-4-6-21(16)22-9-7-20(13-17(22)2)26-27-25(28-32-26)19-8-10-23-18(14-19)11-12-29(23)15-24(30)31/h6-17H,18H2,1-5H3;3-14H,15H2,1-2H3,(H,30,31). The number of nitrogens with zero attached hydrogens (tertiary/aromatic N) is 6. The molecule has 12 heteroatoms. The number of aliphatic carboxylic acids is 1. The van der Waals surface area contributed by atoms with E-state index in [1.165, 1.54) is 33.4 Å². The van der Waals surface area contributed by atoms with Crippen LogP contribution in [0.1, 0.15) is 43.0 Å². The lowest BCUT2D eigenvalue weighted by Gasteiger charge is -2.19. The summed E-state index contributed by atoms with van der Waals surface area (Å²) in [5, 5.41) is 19.3. The van der Waals surface area contributed by atoms with Gasteiger partial charge in [0.05, 0.1) is 0 Å². The van der Waals surface area contributed by atoms with E-state index in [4.69, 9.17) is 18.9 Å². The minimum atomic E-state index is -0.877. The predicted octanol–water partition coefficient (Wildman–Crippen LogP) is 12.7. The summed E-state index contributed by atoms with van der Waals surface area (Å²) in [5.74, 6) is 0.810. The molecule has 0 aliphatic carbocycles. The van der Waals surface area contributed by atoms with Crippen molar-refractivity contribution in [2.45, 2.75) is 67.2 Å². The lowest BCUT2D eigenvalue weighted by molar-refractivity contribution is -0.155. The van der Waals surface area contributed by atoms with Crippen LogP contribution in [0.3, 0.4) is 0 Å². The van der Waals surface area contributed by atoms with Gasteiger partial charge >= 0.3 is 11.9 Å². The summed E-state index contributed by atoms with van der Waals surface area (Å²) in [6.45, 7) is 14.1. The van der Waals surface area contributed by atoms with E-state index in [0.717, 1.165) is 55.2 Å². The van der Waals surface area contributed by atoms with Gasteiger partial charge < -0.3 is 28.0 Å². The van der Waals surface area contributed by atoms with E-state index >= 15 is 0 Å². The van der Waals surface area contributed by atoms with Crippen molar-refractivity contribution in [3.05, 3.63) is 168 Å². The van der Waals surface area contributed by atoms with Gasteiger partial charge in [-0.25, -0.2) is 0 Å². The van der Waals surface area contributed by atoms with Crippen molar-refractivity contribution in [3.8, 4) is 67.9 Å². The lowest BCUT2D eigenvalue weighted by atomic mass is 9.95. The van der Waals surface area contributed by atoms with Crippen LogP contribution in [-0.4, -0.2) is 52.1 Å². The summed E-state index contributed by atoms with van der Waals surface area (Å²) in [4.78, 5) is 32.5. The van der Waals surface area contributed by atoms with Gasteiger partial charge in [0.2, 0.25) is 11.6 Å². The number of carboxylic acids is 1. The van der Waals surface area contributed by atoms with Crippen LogP contribution in [0.2, 0.25) is 0 Å². The summed E-state index contributed by atoms with van der Waals surface area (Å²) in [5.41, 5.74) is 14.3. The molecule has 0 saturated heterocycles. The SMILES string of the molecule is Cc1ccccc1-c1ccc(-c2nc(-c3ccc4c(ccn4CC(=O)O)c3)no2)cc1C.Cc1ccccc1-c1ccc(-c2nc(-c3ccc4c(ccn4CC(=O)OC(C)(C)C)c3)no2)cc1C. The Bertz CT molecular complexity index is 3490. The number of ether oxygens (including phenoxy) is 1. The summed E-state index contributed by atoms with van der Waals surface area (Å²) in [6.07, 6.45) is 3.65. The van der Waals surface area contributed by atoms with E-state index in [0.29, 0.717) is 23.4 Å². The molecule has 0 saturated carbocycles. The molecule has 4 heterocycles. The summed E-state index contributed by atoms with van der Waals surface area (Å²) in [7, 11) is 0. The van der Waals surface area contributed by atoms with Gasteiger partial charge in [0, 0.05) is 56.5 Å². The first kappa shape index (κ1) is 44.8. The molecule has 0 bridgehead atoms. The van der Waals surface area contributed by atoms with Crippen LogP contribution in [0.15, 0.2) is 155 Å². The van der Waals surface area contributed by atoms with E-state index in [2.05, 4.69) is 109 Å². The zero-order valence-electron chi connectivity index (χ0n) is 38.9. The maximum atomic E-state index is 12.3. The molecule has 0 radical (unpaired) electrons. The third-order valence-electron chi connectivity index (χ3n) is 11.8. The van der Waals surface area contributed by atoms with Crippen molar-refractivity contribution in [2.24, 2.45) is 0 Å². The highest BCUT2D eigenvalue weighted by molar-refractivity contribution is 5.87. The number of benzene rings is 6. The maximum absolute atomic E-state index is 12.3. The summed E-state index contributed by atoms with van der Waals surface area (Å²) in [6, 6.07) is 44.5. The third-order valence-corrected chi connectivity index (χ3v) is 11.8. The van der Waals surface area contributed by atoms with Gasteiger partial charge in [-0.15, -0.1) is 0 Å². The van der Waals surface area contributed by atoms with Crippen LogP contribution in [0.5, 0.6) is 0 Å². The fraction of sp³-hybridized carbons (Fsp3) is 0.179. The number of hydrogen-bond acceptors (Lipinski definition) is 9. The normalized spacial score (nSPS) is 11.5. The highest BCUT2D eigenvalue weighted by Gasteiger charge is 2.19. The Morgan fingerprint density at radius 2 is 0.956 bits per heavy atom. The van der Waals surface area contributed by atoms with Gasteiger partial charge in [-0.3, -0.25) is 9.59 Å². The molecule has 10 aromatic rings. The fourth-order valence-corrected chi connectivity index (χ4v) is 8.48. The Balaban J connectivity index is 0.000000171. The molecule has 0 aliphatic rings. The van der Waals surface area contributed by atoms with Crippen LogP contribution < -0.4 is 0 Å². The number of aryl methyl sites for hydroxylation is 4. The van der Waals surface area contributed by atoms with Crippen molar-refractivity contribution >= 4 is 33.7 Å². The molecule has 1 N–H and O–H groups in total. The van der Waals surface area contributed by atoms with E-state index in [1.54, 1.807) is 10.8 Å². The van der Waals surface area contributed by atoms with Crippen molar-refractivity contribution in [2.75, 3.05) is 0 Å². The van der Waals surface area contributed by atoms with Crippen LogP contribution >= 0.6 is 0 Å². The Hall–Kier alpha value is -8.38. The molecule has 4 aromatic heterocycles. The Labute approximate surface area is 393 Å². The molecule has 0 fully saturated rings. The van der Waals surface area contributed by atoms with E-state index in [1.807, 2.05) is 104 Å². The van der Waals surface area contributed by atoms with Crippen LogP contribution in [0.25, 0.3) is 89.7 Å². The molecule has 340 valence electrons. The molecule has 0 atom stereocenters. The largest absolute Gasteiger partial charge is 0.480 e. The van der Waals surface area contributed by atoms with Gasteiger partial charge in [-0.2, -0.15) is 9.97 Å². The zero-order chi connectivity index (χ0) is 47.7. The van der Waals surface area contributed by atoms with Crippen molar-refractivity contribution in [1.82, 2.24) is 29.4 Å². The lowest BCUT2D eigenvalue weighted by Crippen LogP contribution is -2.26. The average molecular weight is 903 g/mol. The second-order valence-corrected chi connectivity index (χ2v) is 18.0. The Morgan fingerprint density at radius 3 is 1.38 bits per heavy atom. The number of aromatic nitrogens is 6. The molecular weight excluding hydrogens is 853 g/mol. The van der Waals surface area contributed by atoms with E-state index < -0.39 is 11.6 Å². The summed E-state index contributed by atoms with van der Waals surface area (Å²) < 4.78 is 20.2. The minimum absolute atomic E-state index is 0.0763. The van der Waals surface area contributed by atoms with E-state index in [-0.39, 0.29) is 19.1 Å². The van der Waals surface area contributed by atoms with Crippen LogP contribution in [0, 0.1) is 27.7 Å². The minimum Gasteiger partial charge on any atom is -0.480 e. The Morgan fingerprint density at radius 1 is 0.529 bits per heavy atom. The molecule has 0 spiro atoms. The number of fused-ring (bicyclic) bond motifs is 2. The molecule has 0 aliphatic heterocycles. The number of rotatable bonds is 10. The van der Waals surface area contributed by atoms with Crippen molar-refractivity contribution in [3.63, 3.8) is 0 Å². The molecular formula is C56H50N6O6. The van der Waals surface area contributed by atoms with E-state index in [9.17, 15) is 9.59 Å². The monoisotopic (exact) mass is 902 g/mol. The van der Waals surface area contributed by atoms with Crippen molar-refractivity contribution in [1.29, 1.82) is 0 Å². The molecule has 0 unspecified atom stereocenters. The molecule has 0 amide bonds. The fourth-order valence-electron chi connectivity index (χ4n) is 8.48. The Kier molecular flexibility index (Phi) is 12.2. The zero-order valence-corrected chi connectivity index (χ0v) is 38.9. The van der Waals surface area contributed by atoms with Gasteiger partial charge in [-0.05, 0) is 166 Å². The number of hydrogen-bond donors (Lipinski definition) is 1. The van der Waals surface area contributed by atoms with Crippen LogP contribution in [0.4, 0.5) is 0 Å². The summed E-state index contributed by atoms with van der Waals surface area (Å²) >= 11 is 0. The third kappa shape index (κ3) is 9.61. The predicted molar refractivity (Wildman–Crippen MR) is 265 cm³/mol. The van der Waals surface area contributed by atoms with Gasteiger partial charge in [-0.1, -0.05) is 71.0 Å². The highest BCUT2D eigenvalue weighted by Crippen LogP contribution is 2.33. The van der Waals surface area contributed by atoms with Crippen molar-refractivity contribution < 1.29 is 28.5 Å². The number of esters is 1. The molecule has 6 aromatic carbocycles. The molecule has 10 rings (SSSR count). The number of carbonyl (C=O) groups is 2. The smallest absolute Gasteiger partial charge is 0.326 e. The molecule has 12 nitrogen and oxygen atoms in total. The van der Waals surface area contributed by atoms with Crippen LogP contribution in [-0.2, 0) is 27.4 Å². The number of carboxylic acid groups (broad SMARTS) is 1. The average Bonchev–Trinajstić information content (AvgIpc) is 4.14. The first-order chi connectivity index (χ1) is 32.7. The topological polar surface area (TPSA) is 151 Å². The second-order valence-electron chi connectivity index (χ2n) is 18.0. The van der Waals surface area contributed by atoms with Gasteiger partial charge in [0.15, 0.2) is 0 Å². The number of carbonyl (C=O) groups excluding carboxylic acids is 1.